The molecule has 2 aromatic carbocycles. The number of carbonyl (C=O) groups excluding carboxylic acids is 1. The molecule has 1 saturated carbocycles. The Morgan fingerprint density at radius 1 is 1.18 bits per heavy atom. The average molecular weight is 379 g/mol. The summed E-state index contributed by atoms with van der Waals surface area (Å²) in [5, 5.41) is 7.07. The minimum Gasteiger partial charge on any atom is -0.349 e. The van der Waals surface area contributed by atoms with E-state index >= 15 is 0 Å². The number of hydrogen-bond acceptors (Lipinski definition) is 4. The fourth-order valence-electron chi connectivity index (χ4n) is 3.22. The summed E-state index contributed by atoms with van der Waals surface area (Å²) in [6.45, 7) is 2.05. The number of halogens is 1. The molecule has 0 aliphatic heterocycles. The predicted molar refractivity (Wildman–Crippen MR) is 103 cm³/mol. The summed E-state index contributed by atoms with van der Waals surface area (Å²) in [5.41, 5.74) is 3.03. The fraction of sp³-hybridized carbons (Fsp3) is 0.318. The second-order valence-corrected chi connectivity index (χ2v) is 7.31. The molecule has 144 valence electrons. The number of aromatic nitrogens is 2. The predicted octanol–water partition coefficient (Wildman–Crippen LogP) is 4.38. The van der Waals surface area contributed by atoms with Gasteiger partial charge in [0.25, 0.3) is 0 Å². The molecule has 1 atom stereocenters. The number of benzene rings is 2. The lowest BCUT2D eigenvalue weighted by molar-refractivity contribution is -0.122. The topological polar surface area (TPSA) is 68.0 Å². The van der Waals surface area contributed by atoms with Gasteiger partial charge in [-0.05, 0) is 55.5 Å². The van der Waals surface area contributed by atoms with Crippen molar-refractivity contribution in [3.05, 3.63) is 71.4 Å². The molecule has 6 heteroatoms. The first-order chi connectivity index (χ1) is 13.6. The lowest BCUT2D eigenvalue weighted by atomic mass is 10.0. The van der Waals surface area contributed by atoms with Crippen molar-refractivity contribution in [3.63, 3.8) is 0 Å². The number of nitrogens with zero attached hydrogens (tertiary/aromatic N) is 2. The monoisotopic (exact) mass is 379 g/mol. The third-order valence-electron chi connectivity index (χ3n) is 4.98. The number of carbonyl (C=O) groups is 1. The van der Waals surface area contributed by atoms with Gasteiger partial charge in [-0.3, -0.25) is 4.79 Å². The van der Waals surface area contributed by atoms with Gasteiger partial charge in [-0.1, -0.05) is 35.0 Å². The number of aryl methyl sites for hydroxylation is 2. The van der Waals surface area contributed by atoms with Crippen LogP contribution in [0.2, 0.25) is 0 Å². The van der Waals surface area contributed by atoms with E-state index in [2.05, 4.69) is 46.6 Å². The lowest BCUT2D eigenvalue weighted by Gasteiger charge is -2.19. The van der Waals surface area contributed by atoms with Gasteiger partial charge in [0.15, 0.2) is 0 Å². The maximum atomic E-state index is 13.0. The molecule has 1 aliphatic rings. The van der Waals surface area contributed by atoms with Gasteiger partial charge in [-0.15, -0.1) is 0 Å². The molecule has 0 spiro atoms. The molecule has 1 fully saturated rings. The number of amides is 1. The Bertz CT molecular complexity index is 947. The number of nitrogens with one attached hydrogen (secondary N) is 1. The molecule has 1 unspecified atom stereocenters. The van der Waals surface area contributed by atoms with Gasteiger partial charge in [0.2, 0.25) is 17.6 Å². The number of rotatable bonds is 7. The van der Waals surface area contributed by atoms with Crippen molar-refractivity contribution < 1.29 is 13.7 Å². The van der Waals surface area contributed by atoms with E-state index in [0.29, 0.717) is 29.6 Å². The van der Waals surface area contributed by atoms with Gasteiger partial charge in [0.1, 0.15) is 5.82 Å². The molecule has 5 nitrogen and oxygen atoms in total. The van der Waals surface area contributed by atoms with E-state index in [-0.39, 0.29) is 24.2 Å². The fourth-order valence-corrected chi connectivity index (χ4v) is 3.22. The van der Waals surface area contributed by atoms with E-state index < -0.39 is 0 Å². The van der Waals surface area contributed by atoms with Crippen LogP contribution < -0.4 is 5.32 Å². The Morgan fingerprint density at radius 3 is 2.57 bits per heavy atom. The van der Waals surface area contributed by atoms with Gasteiger partial charge in [-0.2, -0.15) is 4.98 Å². The zero-order valence-corrected chi connectivity index (χ0v) is 15.7. The molecule has 28 heavy (non-hydrogen) atoms. The molecule has 0 bridgehead atoms. The highest BCUT2D eigenvalue weighted by molar-refractivity contribution is 5.76. The summed E-state index contributed by atoms with van der Waals surface area (Å²) in [4.78, 5) is 16.8. The van der Waals surface area contributed by atoms with Crippen LogP contribution in [-0.2, 0) is 11.2 Å². The van der Waals surface area contributed by atoms with Crippen molar-refractivity contribution in [1.29, 1.82) is 0 Å². The first-order valence-corrected chi connectivity index (χ1v) is 9.53. The first kappa shape index (κ1) is 18.3. The molecule has 3 aromatic rings. The van der Waals surface area contributed by atoms with E-state index in [0.717, 1.165) is 18.4 Å². The van der Waals surface area contributed by atoms with Crippen LogP contribution in [0.5, 0.6) is 0 Å². The smallest absolute Gasteiger partial charge is 0.227 e. The largest absolute Gasteiger partial charge is 0.349 e. The van der Waals surface area contributed by atoms with E-state index in [1.165, 1.54) is 17.7 Å². The molecule has 0 saturated heterocycles. The Balaban J connectivity index is 1.35. The molecule has 1 amide bonds. The standard InChI is InChI=1S/C22H22FN3O2/c1-14-2-4-15(5-3-14)21(16-6-7-16)24-19(27)12-13-20-25-22(26-28-20)17-8-10-18(23)11-9-17/h2-5,8-11,16,21H,6-7,12-13H2,1H3,(H,24,27). The van der Waals surface area contributed by atoms with E-state index in [1.54, 1.807) is 12.1 Å². The van der Waals surface area contributed by atoms with Gasteiger partial charge >= 0.3 is 0 Å². The maximum absolute atomic E-state index is 13.0. The molecule has 1 N–H and O–H groups in total. The van der Waals surface area contributed by atoms with Crippen LogP contribution in [-0.4, -0.2) is 16.0 Å². The summed E-state index contributed by atoms with van der Waals surface area (Å²) < 4.78 is 18.2. The van der Waals surface area contributed by atoms with Crippen LogP contribution in [0.15, 0.2) is 53.1 Å². The van der Waals surface area contributed by atoms with E-state index in [9.17, 15) is 9.18 Å². The van der Waals surface area contributed by atoms with Crippen molar-refractivity contribution in [2.24, 2.45) is 5.92 Å². The van der Waals surface area contributed by atoms with Crippen LogP contribution in [0.3, 0.4) is 0 Å². The van der Waals surface area contributed by atoms with Crippen molar-refractivity contribution in [3.8, 4) is 11.4 Å². The Morgan fingerprint density at radius 2 is 1.89 bits per heavy atom. The van der Waals surface area contributed by atoms with Crippen molar-refractivity contribution in [1.82, 2.24) is 15.5 Å². The summed E-state index contributed by atoms with van der Waals surface area (Å²) in [6, 6.07) is 14.3. The van der Waals surface area contributed by atoms with Gasteiger partial charge in [0.05, 0.1) is 6.04 Å². The summed E-state index contributed by atoms with van der Waals surface area (Å²) >= 11 is 0. The van der Waals surface area contributed by atoms with Crippen LogP contribution in [0.4, 0.5) is 4.39 Å². The van der Waals surface area contributed by atoms with E-state index in [4.69, 9.17) is 4.52 Å². The molecule has 4 rings (SSSR count). The molecular weight excluding hydrogens is 357 g/mol. The third kappa shape index (κ3) is 4.44. The summed E-state index contributed by atoms with van der Waals surface area (Å²) in [5.74, 6) is 0.959. The number of hydrogen-bond donors (Lipinski definition) is 1. The normalized spacial score (nSPS) is 14.6. The second kappa shape index (κ2) is 7.92. The molecule has 0 radical (unpaired) electrons. The van der Waals surface area contributed by atoms with Gasteiger partial charge in [-0.25, -0.2) is 4.39 Å². The zero-order valence-electron chi connectivity index (χ0n) is 15.7. The minimum absolute atomic E-state index is 0.0287. The van der Waals surface area contributed by atoms with Gasteiger partial charge in [0, 0.05) is 18.4 Å². The van der Waals surface area contributed by atoms with Crippen LogP contribution >= 0.6 is 0 Å². The summed E-state index contributed by atoms with van der Waals surface area (Å²) in [7, 11) is 0. The molecule has 1 heterocycles. The minimum atomic E-state index is -0.317. The van der Waals surface area contributed by atoms with Crippen LogP contribution in [0.25, 0.3) is 11.4 Å². The second-order valence-electron chi connectivity index (χ2n) is 7.31. The van der Waals surface area contributed by atoms with Crippen molar-refractivity contribution >= 4 is 5.91 Å². The highest BCUT2D eigenvalue weighted by Crippen LogP contribution is 2.41. The highest BCUT2D eigenvalue weighted by Gasteiger charge is 2.33. The highest BCUT2D eigenvalue weighted by atomic mass is 19.1. The first-order valence-electron chi connectivity index (χ1n) is 9.53. The molecular formula is C22H22FN3O2. The Labute approximate surface area is 163 Å². The quantitative estimate of drug-likeness (QED) is 0.661. The maximum Gasteiger partial charge on any atom is 0.227 e. The zero-order chi connectivity index (χ0) is 19.5. The molecule has 1 aromatic heterocycles. The Kier molecular flexibility index (Phi) is 5.19. The third-order valence-corrected chi connectivity index (χ3v) is 4.98. The Hall–Kier alpha value is -3.02. The average Bonchev–Trinajstić information content (AvgIpc) is 3.43. The lowest BCUT2D eigenvalue weighted by Crippen LogP contribution is -2.30. The van der Waals surface area contributed by atoms with Crippen molar-refractivity contribution in [2.75, 3.05) is 0 Å². The van der Waals surface area contributed by atoms with Gasteiger partial charge < -0.3 is 9.84 Å². The molecule has 1 aliphatic carbocycles. The van der Waals surface area contributed by atoms with Crippen molar-refractivity contribution in [2.45, 2.75) is 38.6 Å². The van der Waals surface area contributed by atoms with E-state index in [1.807, 2.05) is 0 Å². The van der Waals surface area contributed by atoms with Crippen LogP contribution in [0, 0.1) is 18.7 Å². The SMILES string of the molecule is Cc1ccc(C(NC(=O)CCc2nc(-c3ccc(F)cc3)no2)C2CC2)cc1. The van der Waals surface area contributed by atoms with Crippen LogP contribution in [0.1, 0.15) is 42.3 Å². The summed E-state index contributed by atoms with van der Waals surface area (Å²) in [6.07, 6.45) is 2.93.